The number of benzene rings is 2. The van der Waals surface area contributed by atoms with Crippen molar-refractivity contribution in [2.24, 2.45) is 5.92 Å². The third kappa shape index (κ3) is 6.00. The maximum Gasteiger partial charge on any atom is 0.222 e. The van der Waals surface area contributed by atoms with Crippen LogP contribution in [0.4, 0.5) is 0 Å². The van der Waals surface area contributed by atoms with E-state index >= 15 is 0 Å². The van der Waals surface area contributed by atoms with Crippen molar-refractivity contribution < 1.29 is 19.4 Å². The Bertz CT molecular complexity index is 1330. The van der Waals surface area contributed by atoms with Gasteiger partial charge in [0, 0.05) is 48.2 Å². The number of likely N-dealkylation sites (tertiary alicyclic amines) is 1. The number of amides is 1. The third-order valence-corrected chi connectivity index (χ3v) is 11.5. The summed E-state index contributed by atoms with van der Waals surface area (Å²) in [5.74, 6) is 2.48. The lowest BCUT2D eigenvalue weighted by molar-refractivity contribution is -0.142. The highest BCUT2D eigenvalue weighted by Crippen LogP contribution is 2.65. The number of hydrogen-bond donors (Lipinski definition) is 1. The largest absolute Gasteiger partial charge is 0.508 e. The fourth-order valence-electron chi connectivity index (χ4n) is 9.45. The zero-order chi connectivity index (χ0) is 31.4. The number of phenols is 1. The lowest BCUT2D eigenvalue weighted by Gasteiger charge is -2.60. The molecule has 2 fully saturated rings. The van der Waals surface area contributed by atoms with Crippen molar-refractivity contribution in [2.45, 2.75) is 120 Å². The van der Waals surface area contributed by atoms with Gasteiger partial charge in [0.25, 0.3) is 0 Å². The van der Waals surface area contributed by atoms with Gasteiger partial charge < -0.3 is 19.5 Å². The number of carbonyl (C=O) groups excluding carboxylic acids is 1. The van der Waals surface area contributed by atoms with Crippen LogP contribution in [0.25, 0.3) is 0 Å². The van der Waals surface area contributed by atoms with Gasteiger partial charge in [-0.2, -0.15) is 0 Å². The van der Waals surface area contributed by atoms with Gasteiger partial charge in [0.15, 0.2) is 11.5 Å². The highest BCUT2D eigenvalue weighted by atomic mass is 16.5. The van der Waals surface area contributed by atoms with Crippen LogP contribution in [0.2, 0.25) is 0 Å². The second kappa shape index (κ2) is 14.2. The molecule has 2 heterocycles. The Morgan fingerprint density at radius 2 is 1.93 bits per heavy atom. The van der Waals surface area contributed by atoms with E-state index in [0.717, 1.165) is 95.2 Å². The summed E-state index contributed by atoms with van der Waals surface area (Å²) in [5.41, 5.74) is 3.42. The van der Waals surface area contributed by atoms with Gasteiger partial charge in [0.05, 0.1) is 13.2 Å². The fourth-order valence-corrected chi connectivity index (χ4v) is 9.45. The monoisotopic (exact) mass is 614 g/mol. The van der Waals surface area contributed by atoms with Gasteiger partial charge in [-0.3, -0.25) is 9.69 Å². The van der Waals surface area contributed by atoms with E-state index in [-0.39, 0.29) is 17.6 Å². The summed E-state index contributed by atoms with van der Waals surface area (Å²) < 4.78 is 12.8. The molecule has 4 aliphatic rings. The van der Waals surface area contributed by atoms with Gasteiger partial charge in [-0.25, -0.2) is 0 Å². The number of methoxy groups -OCH3 is 1. The maximum atomic E-state index is 14.1. The van der Waals surface area contributed by atoms with Gasteiger partial charge >= 0.3 is 0 Å². The van der Waals surface area contributed by atoms with Crippen molar-refractivity contribution in [3.63, 3.8) is 0 Å². The molecule has 5 atom stereocenters. The van der Waals surface area contributed by atoms with Crippen LogP contribution in [0.3, 0.4) is 0 Å². The second-order valence-electron chi connectivity index (χ2n) is 14.0. The highest BCUT2D eigenvalue weighted by molar-refractivity contribution is 5.77. The quantitative estimate of drug-likeness (QED) is 0.156. The average Bonchev–Trinajstić information content (AvgIpc) is 3.40. The van der Waals surface area contributed by atoms with Crippen molar-refractivity contribution >= 4 is 5.91 Å². The first-order chi connectivity index (χ1) is 22.0. The van der Waals surface area contributed by atoms with Crippen LogP contribution in [-0.2, 0) is 23.1 Å². The van der Waals surface area contributed by atoms with Gasteiger partial charge in [-0.1, -0.05) is 75.4 Å². The molecule has 45 heavy (non-hydrogen) atoms. The molecule has 6 heteroatoms. The number of nitrogens with zero attached hydrogens (tertiary/aromatic N) is 2. The number of rotatable bonds is 16. The molecule has 6 nitrogen and oxygen atoms in total. The Hall–Kier alpha value is -2.99. The van der Waals surface area contributed by atoms with E-state index in [2.05, 4.69) is 53.6 Å². The number of ether oxygens (including phenoxy) is 2. The minimum atomic E-state index is -0.206. The van der Waals surface area contributed by atoms with Gasteiger partial charge in [0.1, 0.15) is 11.9 Å². The Morgan fingerprint density at radius 3 is 2.71 bits per heavy atom. The zero-order valence-corrected chi connectivity index (χ0v) is 27.6. The summed E-state index contributed by atoms with van der Waals surface area (Å²) in [6.45, 7) is 8.91. The standard InChI is InChI=1S/C39H54N2O4/c1-4-6-15-24-41(35(43)19-14-9-7-8-11-16-28-17-12-10-13-18-28)31-21-20-30-32-26-29-33(42)27-34(44-3)37-36(29)39(30,38(31)45-37)22-25-40(32)23-5-2/h5,10,12-13,17-18,27,30-32,38,42H,2,4,6-9,11,14-16,19-26H2,1,3H3/t30-,31-,32+,38-,39-/m0/s1. The van der Waals surface area contributed by atoms with Crippen LogP contribution >= 0.6 is 0 Å². The molecule has 1 N–H and O–H groups in total. The van der Waals surface area contributed by atoms with Crippen molar-refractivity contribution in [3.8, 4) is 17.2 Å². The Labute approximate surface area is 270 Å². The normalized spacial score (nSPS) is 26.2. The van der Waals surface area contributed by atoms with Crippen molar-refractivity contribution in [3.05, 3.63) is 65.7 Å². The second-order valence-corrected chi connectivity index (χ2v) is 14.0. The number of piperidine rings is 1. The Morgan fingerprint density at radius 1 is 1.13 bits per heavy atom. The third-order valence-electron chi connectivity index (χ3n) is 11.5. The predicted octanol–water partition coefficient (Wildman–Crippen LogP) is 7.60. The van der Waals surface area contributed by atoms with Crippen molar-refractivity contribution in [1.29, 1.82) is 0 Å². The maximum absolute atomic E-state index is 14.1. The van der Waals surface area contributed by atoms with Crippen LogP contribution in [0.15, 0.2) is 49.1 Å². The van der Waals surface area contributed by atoms with E-state index in [1.807, 2.05) is 6.08 Å². The molecule has 0 radical (unpaired) electrons. The summed E-state index contributed by atoms with van der Waals surface area (Å²) in [4.78, 5) is 18.9. The molecule has 1 saturated carbocycles. The number of aryl methyl sites for hydroxylation is 1. The van der Waals surface area contributed by atoms with E-state index in [1.54, 1.807) is 13.2 Å². The number of carbonyl (C=O) groups is 1. The molecular formula is C39H54N2O4. The van der Waals surface area contributed by atoms with Crippen LogP contribution in [0.5, 0.6) is 17.2 Å². The summed E-state index contributed by atoms with van der Waals surface area (Å²) in [6.07, 6.45) is 16.4. The molecule has 0 unspecified atom stereocenters. The molecule has 2 aliphatic carbocycles. The lowest BCUT2D eigenvalue weighted by atomic mass is 9.50. The lowest BCUT2D eigenvalue weighted by Crippen LogP contribution is -2.69. The summed E-state index contributed by atoms with van der Waals surface area (Å²) in [6, 6.07) is 12.9. The summed E-state index contributed by atoms with van der Waals surface area (Å²) >= 11 is 0. The molecule has 2 aromatic carbocycles. The van der Waals surface area contributed by atoms with Crippen molar-refractivity contribution in [1.82, 2.24) is 9.80 Å². The Kier molecular flexibility index (Phi) is 10.1. The fraction of sp³-hybridized carbons (Fsp3) is 0.615. The average molecular weight is 615 g/mol. The molecule has 6 rings (SSSR count). The predicted molar refractivity (Wildman–Crippen MR) is 180 cm³/mol. The van der Waals surface area contributed by atoms with E-state index in [9.17, 15) is 9.90 Å². The molecule has 0 aromatic heterocycles. The first-order valence-electron chi connectivity index (χ1n) is 17.8. The van der Waals surface area contributed by atoms with E-state index in [4.69, 9.17) is 9.47 Å². The SMILES string of the molecule is C=CCN1CC[C@]23c4c5c(O)cc(OC)c4O[C@H]2[C@@H](N(CCCCC)C(=O)CCCCCCCc2ccccc2)CC[C@H]3[C@H]1C5. The summed E-state index contributed by atoms with van der Waals surface area (Å²) in [5, 5.41) is 11.3. The molecular weight excluding hydrogens is 560 g/mol. The number of phenolic OH excluding ortho intramolecular Hbond substituents is 1. The molecule has 1 spiro atoms. The van der Waals surface area contributed by atoms with Crippen LogP contribution in [0.1, 0.15) is 101 Å². The number of hydrogen-bond acceptors (Lipinski definition) is 5. The molecule has 2 aromatic rings. The number of aromatic hydroxyl groups is 1. The highest BCUT2D eigenvalue weighted by Gasteiger charge is 2.67. The molecule has 244 valence electrons. The molecule has 2 aliphatic heterocycles. The van der Waals surface area contributed by atoms with Crippen LogP contribution in [0, 0.1) is 5.92 Å². The van der Waals surface area contributed by atoms with Crippen molar-refractivity contribution in [2.75, 3.05) is 26.7 Å². The minimum absolute atomic E-state index is 0.0354. The number of unbranched alkanes of at least 4 members (excludes halogenated alkanes) is 6. The van der Waals surface area contributed by atoms with Crippen LogP contribution < -0.4 is 9.47 Å². The summed E-state index contributed by atoms with van der Waals surface area (Å²) in [7, 11) is 1.66. The van der Waals surface area contributed by atoms with E-state index < -0.39 is 0 Å². The first-order valence-corrected chi connectivity index (χ1v) is 17.8. The topological polar surface area (TPSA) is 62.2 Å². The zero-order valence-electron chi connectivity index (χ0n) is 27.6. The molecule has 2 bridgehead atoms. The van der Waals surface area contributed by atoms with Gasteiger partial charge in [0.2, 0.25) is 5.91 Å². The Balaban J connectivity index is 1.19. The van der Waals surface area contributed by atoms with Gasteiger partial charge in [-0.05, 0) is 69.4 Å². The minimum Gasteiger partial charge on any atom is -0.508 e. The van der Waals surface area contributed by atoms with E-state index in [0.29, 0.717) is 35.8 Å². The van der Waals surface area contributed by atoms with Gasteiger partial charge in [-0.15, -0.1) is 6.58 Å². The molecule has 1 amide bonds. The molecule has 1 saturated heterocycles. The van der Waals surface area contributed by atoms with E-state index in [1.165, 1.54) is 30.4 Å². The van der Waals surface area contributed by atoms with Crippen LogP contribution in [-0.4, -0.2) is 65.7 Å². The smallest absolute Gasteiger partial charge is 0.222 e. The first kappa shape index (κ1) is 32.0.